The molecule has 162 valence electrons. The Morgan fingerprint density at radius 2 is 1.07 bits per heavy atom. The summed E-state index contributed by atoms with van der Waals surface area (Å²) in [6.45, 7) is 13.3. The SMILES string of the molecule is CC(C)[C@H]1CC[C@H](C)C[C@H]1OC(=O)CCC(=O)O[C@H]1C[C@@H](C)CC[C@H]1C(C)C. The number of ether oxygens (including phenoxy) is 2. The molecule has 2 rings (SSSR count). The van der Waals surface area contributed by atoms with Crippen LogP contribution in [-0.4, -0.2) is 24.1 Å². The van der Waals surface area contributed by atoms with Gasteiger partial charge in [0.2, 0.25) is 0 Å². The molecule has 0 unspecified atom stereocenters. The van der Waals surface area contributed by atoms with Crippen molar-refractivity contribution in [2.75, 3.05) is 0 Å². The van der Waals surface area contributed by atoms with Gasteiger partial charge in [-0.1, -0.05) is 54.4 Å². The lowest BCUT2D eigenvalue weighted by Gasteiger charge is -2.37. The summed E-state index contributed by atoms with van der Waals surface area (Å²) in [5, 5.41) is 0. The van der Waals surface area contributed by atoms with Crippen LogP contribution in [0.5, 0.6) is 0 Å². The molecule has 4 nitrogen and oxygen atoms in total. The molecule has 0 heterocycles. The number of hydrogen-bond acceptors (Lipinski definition) is 4. The smallest absolute Gasteiger partial charge is 0.306 e. The third-order valence-electron chi connectivity index (χ3n) is 7.02. The molecule has 0 aromatic carbocycles. The Morgan fingerprint density at radius 3 is 1.39 bits per heavy atom. The highest BCUT2D eigenvalue weighted by atomic mass is 16.6. The molecule has 0 amide bonds. The Labute approximate surface area is 172 Å². The summed E-state index contributed by atoms with van der Waals surface area (Å²) in [4.78, 5) is 24.8. The van der Waals surface area contributed by atoms with E-state index in [1.54, 1.807) is 0 Å². The van der Waals surface area contributed by atoms with E-state index in [2.05, 4.69) is 41.5 Å². The zero-order chi connectivity index (χ0) is 20.8. The van der Waals surface area contributed by atoms with Crippen LogP contribution in [-0.2, 0) is 19.1 Å². The Bertz CT molecular complexity index is 467. The minimum atomic E-state index is -0.251. The topological polar surface area (TPSA) is 52.6 Å². The summed E-state index contributed by atoms with van der Waals surface area (Å²) in [7, 11) is 0. The lowest BCUT2D eigenvalue weighted by atomic mass is 9.75. The molecule has 2 fully saturated rings. The number of hydrogen-bond donors (Lipinski definition) is 0. The molecule has 0 bridgehead atoms. The second kappa shape index (κ2) is 10.6. The van der Waals surface area contributed by atoms with E-state index in [-0.39, 0.29) is 37.0 Å². The van der Waals surface area contributed by atoms with E-state index in [4.69, 9.17) is 9.47 Å². The van der Waals surface area contributed by atoms with Crippen LogP contribution in [0.15, 0.2) is 0 Å². The van der Waals surface area contributed by atoms with Gasteiger partial charge in [-0.2, -0.15) is 0 Å². The molecule has 4 heteroatoms. The predicted molar refractivity (Wildman–Crippen MR) is 112 cm³/mol. The molecule has 0 spiro atoms. The number of carbonyl (C=O) groups excluding carboxylic acids is 2. The molecule has 0 aliphatic heterocycles. The van der Waals surface area contributed by atoms with Gasteiger partial charge in [-0.3, -0.25) is 9.59 Å². The molecule has 2 aliphatic carbocycles. The Balaban J connectivity index is 1.80. The third kappa shape index (κ3) is 6.77. The van der Waals surface area contributed by atoms with Crippen molar-refractivity contribution in [2.45, 2.75) is 105 Å². The van der Waals surface area contributed by atoms with Gasteiger partial charge in [0.05, 0.1) is 12.8 Å². The van der Waals surface area contributed by atoms with E-state index < -0.39 is 0 Å². The summed E-state index contributed by atoms with van der Waals surface area (Å²) in [6, 6.07) is 0. The summed E-state index contributed by atoms with van der Waals surface area (Å²) >= 11 is 0. The quantitative estimate of drug-likeness (QED) is 0.514. The number of carbonyl (C=O) groups is 2. The minimum absolute atomic E-state index is 0.00298. The van der Waals surface area contributed by atoms with Crippen LogP contribution in [0.1, 0.15) is 92.9 Å². The van der Waals surface area contributed by atoms with E-state index >= 15 is 0 Å². The van der Waals surface area contributed by atoms with Crippen molar-refractivity contribution >= 4 is 11.9 Å². The first-order valence-corrected chi connectivity index (χ1v) is 11.6. The molecular weight excluding hydrogens is 352 g/mol. The van der Waals surface area contributed by atoms with Crippen molar-refractivity contribution in [3.8, 4) is 0 Å². The second-order valence-corrected chi connectivity index (χ2v) is 10.2. The molecule has 0 aromatic rings. The normalized spacial score (nSPS) is 33.7. The van der Waals surface area contributed by atoms with Crippen molar-refractivity contribution in [3.63, 3.8) is 0 Å². The summed E-state index contributed by atoms with van der Waals surface area (Å²) in [5.74, 6) is 2.58. The fourth-order valence-electron chi connectivity index (χ4n) is 5.16. The molecule has 0 saturated heterocycles. The van der Waals surface area contributed by atoms with Gasteiger partial charge in [0.25, 0.3) is 0 Å². The van der Waals surface area contributed by atoms with Crippen LogP contribution < -0.4 is 0 Å². The fraction of sp³-hybridized carbons (Fsp3) is 0.917. The average Bonchev–Trinajstić information content (AvgIpc) is 2.59. The fourth-order valence-corrected chi connectivity index (χ4v) is 5.16. The molecule has 2 aliphatic rings. The maximum Gasteiger partial charge on any atom is 0.306 e. The van der Waals surface area contributed by atoms with Gasteiger partial charge in [-0.25, -0.2) is 0 Å². The Hall–Kier alpha value is -1.06. The zero-order valence-electron chi connectivity index (χ0n) is 18.9. The second-order valence-electron chi connectivity index (χ2n) is 10.2. The van der Waals surface area contributed by atoms with E-state index in [0.717, 1.165) is 25.7 Å². The molecular formula is C24H42O4. The minimum Gasteiger partial charge on any atom is -0.462 e. The van der Waals surface area contributed by atoms with Gasteiger partial charge in [-0.15, -0.1) is 0 Å². The van der Waals surface area contributed by atoms with Crippen molar-refractivity contribution in [2.24, 2.45) is 35.5 Å². The molecule has 0 aromatic heterocycles. The highest BCUT2D eigenvalue weighted by molar-refractivity contribution is 5.77. The van der Waals surface area contributed by atoms with Crippen LogP contribution in [0.2, 0.25) is 0 Å². The molecule has 0 N–H and O–H groups in total. The zero-order valence-corrected chi connectivity index (χ0v) is 18.9. The van der Waals surface area contributed by atoms with Crippen LogP contribution in [0.25, 0.3) is 0 Å². The van der Waals surface area contributed by atoms with E-state index in [1.807, 2.05) is 0 Å². The van der Waals surface area contributed by atoms with E-state index in [0.29, 0.717) is 35.5 Å². The lowest BCUT2D eigenvalue weighted by molar-refractivity contribution is -0.163. The summed E-state index contributed by atoms with van der Waals surface area (Å²) < 4.78 is 11.6. The van der Waals surface area contributed by atoms with Crippen LogP contribution in [0, 0.1) is 35.5 Å². The number of rotatable bonds is 7. The van der Waals surface area contributed by atoms with E-state index in [1.165, 1.54) is 12.8 Å². The van der Waals surface area contributed by atoms with Crippen molar-refractivity contribution in [3.05, 3.63) is 0 Å². The predicted octanol–water partition coefficient (Wildman–Crippen LogP) is 5.77. The molecule has 2 saturated carbocycles. The highest BCUT2D eigenvalue weighted by Gasteiger charge is 2.35. The molecule has 0 radical (unpaired) electrons. The molecule has 6 atom stereocenters. The standard InChI is InChI=1S/C24H42O4/c1-15(2)19-9-7-17(5)13-21(19)27-23(25)11-12-24(26)28-22-14-18(6)8-10-20(22)16(3)4/h15-22H,7-14H2,1-6H3/t17-,18-,19-,20+,21-,22+/m0/s1. The summed E-state index contributed by atoms with van der Waals surface area (Å²) in [5.41, 5.74) is 0. The van der Waals surface area contributed by atoms with Crippen molar-refractivity contribution < 1.29 is 19.1 Å². The van der Waals surface area contributed by atoms with Gasteiger partial charge >= 0.3 is 11.9 Å². The van der Waals surface area contributed by atoms with Gasteiger partial charge < -0.3 is 9.47 Å². The van der Waals surface area contributed by atoms with Crippen LogP contribution in [0.3, 0.4) is 0 Å². The first kappa shape index (κ1) is 23.2. The van der Waals surface area contributed by atoms with Gasteiger partial charge in [0.15, 0.2) is 0 Å². The van der Waals surface area contributed by atoms with Crippen LogP contribution >= 0.6 is 0 Å². The van der Waals surface area contributed by atoms with Crippen LogP contribution in [0.4, 0.5) is 0 Å². The third-order valence-corrected chi connectivity index (χ3v) is 7.02. The van der Waals surface area contributed by atoms with E-state index in [9.17, 15) is 9.59 Å². The monoisotopic (exact) mass is 394 g/mol. The average molecular weight is 395 g/mol. The molecule has 28 heavy (non-hydrogen) atoms. The highest BCUT2D eigenvalue weighted by Crippen LogP contribution is 2.36. The lowest BCUT2D eigenvalue weighted by Crippen LogP contribution is -2.36. The summed E-state index contributed by atoms with van der Waals surface area (Å²) in [6.07, 6.45) is 6.79. The first-order chi connectivity index (χ1) is 13.2. The number of esters is 2. The Kier molecular flexibility index (Phi) is 8.82. The van der Waals surface area contributed by atoms with Gasteiger partial charge in [-0.05, 0) is 61.2 Å². The van der Waals surface area contributed by atoms with Gasteiger partial charge in [0.1, 0.15) is 12.2 Å². The first-order valence-electron chi connectivity index (χ1n) is 11.6. The maximum absolute atomic E-state index is 12.4. The van der Waals surface area contributed by atoms with Gasteiger partial charge in [0, 0.05) is 0 Å². The Morgan fingerprint density at radius 1 is 0.714 bits per heavy atom. The van der Waals surface area contributed by atoms with Crippen molar-refractivity contribution in [1.82, 2.24) is 0 Å². The maximum atomic E-state index is 12.4. The van der Waals surface area contributed by atoms with Crippen molar-refractivity contribution in [1.29, 1.82) is 0 Å². The largest absolute Gasteiger partial charge is 0.462 e.